The van der Waals surface area contributed by atoms with Crippen molar-refractivity contribution in [2.45, 2.75) is 38.5 Å². The van der Waals surface area contributed by atoms with Crippen LogP contribution < -0.4 is 4.74 Å². The van der Waals surface area contributed by atoms with Crippen molar-refractivity contribution < 1.29 is 14.6 Å². The molecule has 1 fully saturated rings. The van der Waals surface area contributed by atoms with Crippen LogP contribution in [0.15, 0.2) is 78.9 Å². The monoisotopic (exact) mass is 455 g/mol. The normalized spacial score (nSPS) is 16.8. The number of para-hydroxylation sites is 3. The molecular formula is C28H29N3O3. The third-order valence-electron chi connectivity index (χ3n) is 6.40. The van der Waals surface area contributed by atoms with Crippen molar-refractivity contribution in [3.8, 4) is 5.75 Å². The lowest BCUT2D eigenvalue weighted by atomic mass is 10.1. The number of amides is 1. The first kappa shape index (κ1) is 22.2. The van der Waals surface area contributed by atoms with Crippen molar-refractivity contribution in [1.29, 1.82) is 0 Å². The zero-order chi connectivity index (χ0) is 23.5. The smallest absolute Gasteiger partial charge is 0.223 e. The first-order chi connectivity index (χ1) is 16.6. The van der Waals surface area contributed by atoms with Gasteiger partial charge in [-0.05, 0) is 36.2 Å². The van der Waals surface area contributed by atoms with Crippen molar-refractivity contribution in [3.05, 3.63) is 95.8 Å². The summed E-state index contributed by atoms with van der Waals surface area (Å²) >= 11 is 0. The molecule has 0 bridgehead atoms. The van der Waals surface area contributed by atoms with Crippen molar-refractivity contribution >= 4 is 16.9 Å². The van der Waals surface area contributed by atoms with E-state index < -0.39 is 6.10 Å². The van der Waals surface area contributed by atoms with Gasteiger partial charge in [-0.3, -0.25) is 4.79 Å². The molecule has 6 heteroatoms. The Hall–Kier alpha value is -3.64. The largest absolute Gasteiger partial charge is 0.491 e. The maximum atomic E-state index is 12.8. The fraction of sp³-hybridized carbons (Fsp3) is 0.286. The number of rotatable bonds is 8. The van der Waals surface area contributed by atoms with Crippen molar-refractivity contribution in [2.24, 2.45) is 0 Å². The summed E-state index contributed by atoms with van der Waals surface area (Å²) in [7, 11) is 0. The lowest BCUT2D eigenvalue weighted by molar-refractivity contribution is -0.128. The first-order valence-corrected chi connectivity index (χ1v) is 11.7. The molecule has 174 valence electrons. The molecule has 3 aromatic carbocycles. The molecule has 1 amide bonds. The van der Waals surface area contributed by atoms with Crippen LogP contribution in [-0.2, 0) is 17.9 Å². The van der Waals surface area contributed by atoms with E-state index in [2.05, 4.69) is 4.57 Å². The Morgan fingerprint density at radius 2 is 1.76 bits per heavy atom. The summed E-state index contributed by atoms with van der Waals surface area (Å²) in [6, 6.07) is 25.8. The second-order valence-corrected chi connectivity index (χ2v) is 8.96. The molecule has 4 aromatic rings. The van der Waals surface area contributed by atoms with Gasteiger partial charge in [-0.1, -0.05) is 60.7 Å². The number of aromatic nitrogens is 2. The van der Waals surface area contributed by atoms with Crippen LogP contribution in [0.25, 0.3) is 11.0 Å². The third kappa shape index (κ3) is 4.68. The number of aryl methyl sites for hydroxylation is 1. The highest BCUT2D eigenvalue weighted by Gasteiger charge is 2.34. The Kier molecular flexibility index (Phi) is 6.32. The number of hydrogen-bond donors (Lipinski definition) is 1. The second kappa shape index (κ2) is 9.69. The predicted octanol–water partition coefficient (Wildman–Crippen LogP) is 4.30. The molecule has 2 unspecified atom stereocenters. The van der Waals surface area contributed by atoms with Crippen LogP contribution in [0.3, 0.4) is 0 Å². The summed E-state index contributed by atoms with van der Waals surface area (Å²) in [4.78, 5) is 19.6. The number of carbonyl (C=O) groups is 1. The Bertz CT molecular complexity index is 1280. The van der Waals surface area contributed by atoms with Crippen LogP contribution in [0, 0.1) is 6.92 Å². The van der Waals surface area contributed by atoms with Gasteiger partial charge < -0.3 is 19.3 Å². The van der Waals surface area contributed by atoms with Gasteiger partial charge in [-0.2, -0.15) is 0 Å². The average molecular weight is 456 g/mol. The minimum atomic E-state index is -0.714. The fourth-order valence-electron chi connectivity index (χ4n) is 4.67. The number of hydrogen-bond acceptors (Lipinski definition) is 4. The molecule has 1 saturated heterocycles. The Morgan fingerprint density at radius 1 is 1.03 bits per heavy atom. The molecule has 0 aliphatic carbocycles. The zero-order valence-electron chi connectivity index (χ0n) is 19.3. The number of likely N-dealkylation sites (tertiary alicyclic amines) is 1. The molecule has 0 radical (unpaired) electrons. The van der Waals surface area contributed by atoms with Crippen LogP contribution in [0.4, 0.5) is 0 Å². The summed E-state index contributed by atoms with van der Waals surface area (Å²) in [5.74, 6) is 1.74. The summed E-state index contributed by atoms with van der Waals surface area (Å²) in [6.45, 7) is 3.74. The summed E-state index contributed by atoms with van der Waals surface area (Å²) in [6.07, 6.45) is -0.292. The van der Waals surface area contributed by atoms with Gasteiger partial charge in [0.25, 0.3) is 0 Å². The highest BCUT2D eigenvalue weighted by atomic mass is 16.5. The van der Waals surface area contributed by atoms with E-state index >= 15 is 0 Å². The predicted molar refractivity (Wildman–Crippen MR) is 132 cm³/mol. The van der Waals surface area contributed by atoms with Gasteiger partial charge in [0.2, 0.25) is 5.91 Å². The van der Waals surface area contributed by atoms with Gasteiger partial charge >= 0.3 is 0 Å². The highest BCUT2D eigenvalue weighted by Crippen LogP contribution is 2.31. The Morgan fingerprint density at radius 3 is 2.59 bits per heavy atom. The minimum absolute atomic E-state index is 0.0203. The van der Waals surface area contributed by atoms with E-state index in [0.717, 1.165) is 33.7 Å². The number of aliphatic hydroxyl groups excluding tert-OH is 1. The number of aliphatic hydroxyl groups is 1. The zero-order valence-corrected chi connectivity index (χ0v) is 19.3. The summed E-state index contributed by atoms with van der Waals surface area (Å²) in [5, 5.41) is 10.8. The van der Waals surface area contributed by atoms with Gasteiger partial charge in [0.05, 0.1) is 17.6 Å². The third-order valence-corrected chi connectivity index (χ3v) is 6.40. The standard InChI is InChI=1S/C28H29N3O3/c1-20-9-5-8-14-26(20)34-19-23(32)18-31-25-13-7-6-12-24(25)29-28(31)22-15-27(33)30(17-22)16-21-10-3-2-4-11-21/h2-14,22-23,32H,15-19H2,1H3. The SMILES string of the molecule is Cc1ccccc1OCC(O)Cn1c(C2CC(=O)N(Cc3ccccc3)C2)nc2ccccc21. The Labute approximate surface area is 199 Å². The maximum absolute atomic E-state index is 12.8. The number of fused-ring (bicyclic) bond motifs is 1. The number of imidazole rings is 1. The van der Waals surface area contributed by atoms with E-state index in [-0.39, 0.29) is 18.4 Å². The van der Waals surface area contributed by atoms with Crippen molar-refractivity contribution in [2.75, 3.05) is 13.2 Å². The van der Waals surface area contributed by atoms with Crippen LogP contribution in [0.2, 0.25) is 0 Å². The van der Waals surface area contributed by atoms with Crippen molar-refractivity contribution in [3.63, 3.8) is 0 Å². The topological polar surface area (TPSA) is 67.6 Å². The van der Waals surface area contributed by atoms with Gasteiger partial charge in [-0.25, -0.2) is 4.98 Å². The molecule has 0 spiro atoms. The molecule has 1 aliphatic heterocycles. The summed E-state index contributed by atoms with van der Waals surface area (Å²) in [5.41, 5.74) is 3.99. The maximum Gasteiger partial charge on any atom is 0.223 e. The van der Waals surface area contributed by atoms with Crippen LogP contribution in [0.1, 0.15) is 29.3 Å². The Balaban J connectivity index is 1.35. The average Bonchev–Trinajstić information content (AvgIpc) is 3.39. The van der Waals surface area contributed by atoms with E-state index in [4.69, 9.17) is 9.72 Å². The van der Waals surface area contributed by atoms with Gasteiger partial charge in [0.1, 0.15) is 24.3 Å². The molecule has 2 atom stereocenters. The molecule has 2 heterocycles. The van der Waals surface area contributed by atoms with E-state index in [0.29, 0.717) is 26.1 Å². The molecule has 34 heavy (non-hydrogen) atoms. The molecule has 1 aliphatic rings. The highest BCUT2D eigenvalue weighted by molar-refractivity contribution is 5.81. The molecule has 0 saturated carbocycles. The molecule has 1 aromatic heterocycles. The molecule has 1 N–H and O–H groups in total. The van der Waals surface area contributed by atoms with Crippen LogP contribution in [-0.4, -0.2) is 44.7 Å². The van der Waals surface area contributed by atoms with Gasteiger partial charge in [-0.15, -0.1) is 0 Å². The van der Waals surface area contributed by atoms with Crippen LogP contribution in [0.5, 0.6) is 5.75 Å². The summed E-state index contributed by atoms with van der Waals surface area (Å²) < 4.78 is 7.94. The molecular weight excluding hydrogens is 426 g/mol. The number of carbonyl (C=O) groups excluding carboxylic acids is 1. The first-order valence-electron chi connectivity index (χ1n) is 11.7. The number of nitrogens with zero attached hydrogens (tertiary/aromatic N) is 3. The quantitative estimate of drug-likeness (QED) is 0.430. The van der Waals surface area contributed by atoms with Gasteiger partial charge in [0.15, 0.2) is 0 Å². The molecule has 6 nitrogen and oxygen atoms in total. The fourth-order valence-corrected chi connectivity index (χ4v) is 4.67. The van der Waals surface area contributed by atoms with Gasteiger partial charge in [0, 0.05) is 25.4 Å². The van der Waals surface area contributed by atoms with E-state index in [1.54, 1.807) is 0 Å². The molecule has 5 rings (SSSR count). The number of benzene rings is 3. The lowest BCUT2D eigenvalue weighted by Crippen LogP contribution is -2.26. The second-order valence-electron chi connectivity index (χ2n) is 8.96. The number of ether oxygens (including phenoxy) is 1. The van der Waals surface area contributed by atoms with Crippen molar-refractivity contribution in [1.82, 2.24) is 14.5 Å². The minimum Gasteiger partial charge on any atom is -0.491 e. The van der Waals surface area contributed by atoms with E-state index in [1.165, 1.54) is 0 Å². The van der Waals surface area contributed by atoms with Crippen LogP contribution >= 0.6 is 0 Å². The van der Waals surface area contributed by atoms with E-state index in [1.807, 2.05) is 90.7 Å². The van der Waals surface area contributed by atoms with E-state index in [9.17, 15) is 9.90 Å². The lowest BCUT2D eigenvalue weighted by Gasteiger charge is -2.19.